The quantitative estimate of drug-likeness (QED) is 0.611. The molecule has 0 radical (unpaired) electrons. The lowest BCUT2D eigenvalue weighted by atomic mass is 9.48. The first-order valence-corrected chi connectivity index (χ1v) is 4.82. The van der Waals surface area contributed by atoms with Gasteiger partial charge in [0.2, 0.25) is 0 Å². The van der Waals surface area contributed by atoms with Gasteiger partial charge in [-0.15, -0.1) is 0 Å². The number of fused-ring (bicyclic) bond motifs is 1. The van der Waals surface area contributed by atoms with Crippen molar-refractivity contribution in [3.63, 3.8) is 0 Å². The molecule has 0 aromatic heterocycles. The molecule has 3 nitrogen and oxygen atoms in total. The summed E-state index contributed by atoms with van der Waals surface area (Å²) in [5, 5.41) is 3.30. The monoisotopic (exact) mass is 183 g/mol. The van der Waals surface area contributed by atoms with Crippen LogP contribution in [0.1, 0.15) is 20.3 Å². The van der Waals surface area contributed by atoms with Gasteiger partial charge in [-0.05, 0) is 24.3 Å². The molecule has 74 valence electrons. The van der Waals surface area contributed by atoms with Gasteiger partial charge in [0.15, 0.2) is 0 Å². The van der Waals surface area contributed by atoms with E-state index in [4.69, 9.17) is 4.74 Å². The van der Waals surface area contributed by atoms with E-state index in [0.717, 1.165) is 19.5 Å². The Balaban J connectivity index is 2.22. The molecule has 1 saturated heterocycles. The lowest BCUT2D eigenvalue weighted by Crippen LogP contribution is -2.57. The number of nitrogens with one attached hydrogen (secondary N) is 1. The first-order valence-electron chi connectivity index (χ1n) is 4.82. The third-order valence-corrected chi connectivity index (χ3v) is 3.76. The van der Waals surface area contributed by atoms with E-state index >= 15 is 0 Å². The van der Waals surface area contributed by atoms with Crippen LogP contribution in [0.2, 0.25) is 0 Å². The second-order valence-corrected chi connectivity index (χ2v) is 5.00. The van der Waals surface area contributed by atoms with Gasteiger partial charge in [-0.1, -0.05) is 13.8 Å². The van der Waals surface area contributed by atoms with Gasteiger partial charge in [-0.3, -0.25) is 4.79 Å². The molecule has 1 aliphatic heterocycles. The molecule has 0 amide bonds. The van der Waals surface area contributed by atoms with E-state index in [9.17, 15) is 4.79 Å². The summed E-state index contributed by atoms with van der Waals surface area (Å²) in [5.41, 5.74) is 0.107. The summed E-state index contributed by atoms with van der Waals surface area (Å²) < 4.78 is 4.87. The van der Waals surface area contributed by atoms with Crippen LogP contribution in [-0.4, -0.2) is 26.2 Å². The second kappa shape index (κ2) is 2.47. The van der Waals surface area contributed by atoms with Crippen molar-refractivity contribution < 1.29 is 9.53 Å². The van der Waals surface area contributed by atoms with E-state index in [1.54, 1.807) is 0 Å². The maximum absolute atomic E-state index is 11.6. The summed E-state index contributed by atoms with van der Waals surface area (Å²) in [5.74, 6) is 0.439. The zero-order valence-corrected chi connectivity index (χ0v) is 8.52. The van der Waals surface area contributed by atoms with Gasteiger partial charge in [0, 0.05) is 6.54 Å². The summed E-state index contributed by atoms with van der Waals surface area (Å²) in [6, 6.07) is 0. The van der Waals surface area contributed by atoms with Crippen LogP contribution >= 0.6 is 0 Å². The minimum absolute atomic E-state index is 0.0261. The predicted octanol–water partition coefficient (Wildman–Crippen LogP) is 0.795. The average molecular weight is 183 g/mol. The first kappa shape index (κ1) is 9.00. The molecule has 2 aliphatic rings. The minimum atomic E-state index is -0.196. The Kier molecular flexibility index (Phi) is 1.71. The summed E-state index contributed by atoms with van der Waals surface area (Å²) in [4.78, 5) is 11.6. The van der Waals surface area contributed by atoms with Crippen molar-refractivity contribution in [1.82, 2.24) is 5.32 Å². The SMILES string of the molecule is COC(=O)[C@@]12CNC[C@@H]1C(C)(C)C2. The molecule has 0 unspecified atom stereocenters. The molecule has 0 aromatic carbocycles. The zero-order chi connectivity index (χ0) is 9.69. The highest BCUT2D eigenvalue weighted by Gasteiger charge is 2.65. The summed E-state index contributed by atoms with van der Waals surface area (Å²) in [6.45, 7) is 6.22. The molecule has 2 fully saturated rings. The molecule has 1 N–H and O–H groups in total. The van der Waals surface area contributed by atoms with Crippen LogP contribution in [0.25, 0.3) is 0 Å². The van der Waals surface area contributed by atoms with E-state index < -0.39 is 0 Å². The topological polar surface area (TPSA) is 38.3 Å². The van der Waals surface area contributed by atoms with Crippen molar-refractivity contribution in [1.29, 1.82) is 0 Å². The number of methoxy groups -OCH3 is 1. The van der Waals surface area contributed by atoms with E-state index in [2.05, 4.69) is 19.2 Å². The third kappa shape index (κ3) is 0.966. The molecule has 1 saturated carbocycles. The number of esters is 1. The van der Waals surface area contributed by atoms with Crippen molar-refractivity contribution >= 4 is 5.97 Å². The molecule has 0 spiro atoms. The number of rotatable bonds is 1. The van der Waals surface area contributed by atoms with Crippen molar-refractivity contribution in [2.45, 2.75) is 20.3 Å². The lowest BCUT2D eigenvalue weighted by Gasteiger charge is -2.54. The lowest BCUT2D eigenvalue weighted by molar-refractivity contribution is -0.174. The van der Waals surface area contributed by atoms with Gasteiger partial charge >= 0.3 is 5.97 Å². The second-order valence-electron chi connectivity index (χ2n) is 5.00. The summed E-state index contributed by atoms with van der Waals surface area (Å²) >= 11 is 0. The highest BCUT2D eigenvalue weighted by molar-refractivity contribution is 5.79. The standard InChI is InChI=1S/C10H17NO2/c1-9(2)5-10(8(12)13-3)6-11-4-7(9)10/h7,11H,4-6H2,1-3H3/t7-,10+/m1/s1. The molecule has 1 aliphatic carbocycles. The smallest absolute Gasteiger partial charge is 0.313 e. The Morgan fingerprint density at radius 3 is 2.77 bits per heavy atom. The highest BCUT2D eigenvalue weighted by atomic mass is 16.5. The molecular weight excluding hydrogens is 166 g/mol. The fourth-order valence-electron chi connectivity index (χ4n) is 3.26. The maximum Gasteiger partial charge on any atom is 0.313 e. The number of hydrogen-bond donors (Lipinski definition) is 1. The van der Waals surface area contributed by atoms with Crippen LogP contribution < -0.4 is 5.32 Å². The molecule has 0 bridgehead atoms. The summed E-state index contributed by atoms with van der Waals surface area (Å²) in [6.07, 6.45) is 0.963. The van der Waals surface area contributed by atoms with Crippen molar-refractivity contribution in [3.05, 3.63) is 0 Å². The van der Waals surface area contributed by atoms with Crippen LogP contribution in [0.5, 0.6) is 0 Å². The summed E-state index contributed by atoms with van der Waals surface area (Å²) in [7, 11) is 1.48. The normalized spacial score (nSPS) is 40.7. The van der Waals surface area contributed by atoms with E-state index in [-0.39, 0.29) is 11.4 Å². The predicted molar refractivity (Wildman–Crippen MR) is 49.2 cm³/mol. The first-order chi connectivity index (χ1) is 6.03. The minimum Gasteiger partial charge on any atom is -0.469 e. The molecule has 0 aromatic rings. The zero-order valence-electron chi connectivity index (χ0n) is 8.52. The van der Waals surface area contributed by atoms with Gasteiger partial charge in [-0.25, -0.2) is 0 Å². The number of carbonyl (C=O) groups is 1. The van der Waals surface area contributed by atoms with Gasteiger partial charge < -0.3 is 10.1 Å². The van der Waals surface area contributed by atoms with Gasteiger partial charge in [0.1, 0.15) is 0 Å². The van der Waals surface area contributed by atoms with Crippen LogP contribution in [0, 0.1) is 16.7 Å². The number of ether oxygens (including phenoxy) is 1. The molecule has 13 heavy (non-hydrogen) atoms. The Labute approximate surface area is 78.8 Å². The molecule has 2 atom stereocenters. The average Bonchev–Trinajstić information content (AvgIpc) is 2.43. The molecule has 2 rings (SSSR count). The fourth-order valence-corrected chi connectivity index (χ4v) is 3.26. The van der Waals surface area contributed by atoms with E-state index in [0.29, 0.717) is 11.3 Å². The van der Waals surface area contributed by atoms with Crippen LogP contribution in [-0.2, 0) is 9.53 Å². The highest BCUT2D eigenvalue weighted by Crippen LogP contribution is 2.61. The Bertz CT molecular complexity index is 249. The molecular formula is C10H17NO2. The Morgan fingerprint density at radius 1 is 1.54 bits per heavy atom. The van der Waals surface area contributed by atoms with Crippen molar-refractivity contribution in [2.24, 2.45) is 16.7 Å². The van der Waals surface area contributed by atoms with Gasteiger partial charge in [0.25, 0.3) is 0 Å². The van der Waals surface area contributed by atoms with Gasteiger partial charge in [-0.2, -0.15) is 0 Å². The Hall–Kier alpha value is -0.570. The van der Waals surface area contributed by atoms with Crippen LogP contribution in [0.15, 0.2) is 0 Å². The van der Waals surface area contributed by atoms with Gasteiger partial charge in [0.05, 0.1) is 12.5 Å². The fraction of sp³-hybridized carbons (Fsp3) is 0.900. The van der Waals surface area contributed by atoms with Crippen molar-refractivity contribution in [2.75, 3.05) is 20.2 Å². The number of carbonyl (C=O) groups excluding carboxylic acids is 1. The molecule has 3 heteroatoms. The Morgan fingerprint density at radius 2 is 2.23 bits per heavy atom. The van der Waals surface area contributed by atoms with Crippen LogP contribution in [0.4, 0.5) is 0 Å². The van der Waals surface area contributed by atoms with Crippen molar-refractivity contribution in [3.8, 4) is 0 Å². The van der Waals surface area contributed by atoms with Crippen LogP contribution in [0.3, 0.4) is 0 Å². The van der Waals surface area contributed by atoms with E-state index in [1.165, 1.54) is 7.11 Å². The molecule has 1 heterocycles. The van der Waals surface area contributed by atoms with E-state index in [1.807, 2.05) is 0 Å². The number of hydrogen-bond acceptors (Lipinski definition) is 3. The maximum atomic E-state index is 11.6. The third-order valence-electron chi connectivity index (χ3n) is 3.76. The largest absolute Gasteiger partial charge is 0.469 e.